The van der Waals surface area contributed by atoms with Crippen molar-refractivity contribution in [2.75, 3.05) is 19.5 Å². The van der Waals surface area contributed by atoms with E-state index in [1.165, 1.54) is 0 Å². The number of nitrogens with zero attached hydrogens (tertiary/aromatic N) is 1. The minimum atomic E-state index is 0.0407. The first-order valence-corrected chi connectivity index (χ1v) is 5.69. The van der Waals surface area contributed by atoms with E-state index < -0.39 is 0 Å². The molecule has 1 fully saturated rings. The smallest absolute Gasteiger partial charge is 0.274 e. The highest BCUT2D eigenvalue weighted by atomic mass is 16.5. The Balaban J connectivity index is 2.36. The SMILES string of the molecule is CNc1cccn([C@H]2CCC[C@H]2OC)c1=O. The highest BCUT2D eigenvalue weighted by Crippen LogP contribution is 2.31. The molecule has 0 saturated heterocycles. The van der Waals surface area contributed by atoms with E-state index in [0.717, 1.165) is 19.3 Å². The molecule has 0 unspecified atom stereocenters. The maximum absolute atomic E-state index is 12.1. The number of nitrogens with one attached hydrogen (secondary N) is 1. The molecular weight excluding hydrogens is 204 g/mol. The molecule has 1 aliphatic carbocycles. The second kappa shape index (κ2) is 4.70. The number of methoxy groups -OCH3 is 1. The minimum Gasteiger partial charge on any atom is -0.384 e. The molecule has 0 spiro atoms. The summed E-state index contributed by atoms with van der Waals surface area (Å²) in [7, 11) is 3.49. The number of pyridine rings is 1. The van der Waals surface area contributed by atoms with Crippen molar-refractivity contribution < 1.29 is 4.74 Å². The largest absolute Gasteiger partial charge is 0.384 e. The highest BCUT2D eigenvalue weighted by Gasteiger charge is 2.29. The van der Waals surface area contributed by atoms with Crippen LogP contribution in [0.1, 0.15) is 25.3 Å². The molecule has 1 heterocycles. The summed E-state index contributed by atoms with van der Waals surface area (Å²) >= 11 is 0. The number of hydrogen-bond acceptors (Lipinski definition) is 3. The van der Waals surface area contributed by atoms with Gasteiger partial charge in [0.2, 0.25) is 0 Å². The first kappa shape index (κ1) is 11.2. The summed E-state index contributed by atoms with van der Waals surface area (Å²) in [5.41, 5.74) is 0.684. The molecule has 2 atom stereocenters. The summed E-state index contributed by atoms with van der Waals surface area (Å²) in [6.07, 6.45) is 5.21. The van der Waals surface area contributed by atoms with Gasteiger partial charge in [-0.15, -0.1) is 0 Å². The highest BCUT2D eigenvalue weighted by molar-refractivity contribution is 5.39. The molecule has 0 bridgehead atoms. The third-order valence-electron chi connectivity index (χ3n) is 3.32. The summed E-state index contributed by atoms with van der Waals surface area (Å²) in [5.74, 6) is 0. The van der Waals surface area contributed by atoms with Crippen LogP contribution in [0, 0.1) is 0 Å². The Morgan fingerprint density at radius 2 is 2.31 bits per heavy atom. The van der Waals surface area contributed by atoms with E-state index in [1.807, 2.05) is 12.3 Å². The van der Waals surface area contributed by atoms with Gasteiger partial charge in [-0.2, -0.15) is 0 Å². The van der Waals surface area contributed by atoms with Crippen molar-refractivity contribution >= 4 is 5.69 Å². The Labute approximate surface area is 95.2 Å². The molecule has 1 saturated carbocycles. The number of ether oxygens (including phenoxy) is 1. The quantitative estimate of drug-likeness (QED) is 0.845. The summed E-state index contributed by atoms with van der Waals surface area (Å²) in [6, 6.07) is 3.89. The molecule has 0 amide bonds. The van der Waals surface area contributed by atoms with Crippen LogP contribution >= 0.6 is 0 Å². The predicted molar refractivity (Wildman–Crippen MR) is 63.9 cm³/mol. The van der Waals surface area contributed by atoms with Crippen LogP contribution in [0.15, 0.2) is 23.1 Å². The van der Waals surface area contributed by atoms with Gasteiger partial charge in [0.25, 0.3) is 5.56 Å². The monoisotopic (exact) mass is 222 g/mol. The van der Waals surface area contributed by atoms with Crippen LogP contribution in [0.3, 0.4) is 0 Å². The molecule has 0 aromatic carbocycles. The Morgan fingerprint density at radius 3 is 3.00 bits per heavy atom. The fourth-order valence-electron chi connectivity index (χ4n) is 2.46. The minimum absolute atomic E-state index is 0.0407. The summed E-state index contributed by atoms with van der Waals surface area (Å²) in [5, 5.41) is 2.92. The van der Waals surface area contributed by atoms with Gasteiger partial charge in [0, 0.05) is 20.4 Å². The van der Waals surface area contributed by atoms with Crippen LogP contribution in [0.2, 0.25) is 0 Å². The maximum atomic E-state index is 12.1. The second-order valence-electron chi connectivity index (χ2n) is 4.16. The number of hydrogen-bond donors (Lipinski definition) is 1. The molecule has 16 heavy (non-hydrogen) atoms. The van der Waals surface area contributed by atoms with Gasteiger partial charge >= 0.3 is 0 Å². The number of aromatic nitrogens is 1. The molecule has 1 aromatic heterocycles. The molecule has 4 nitrogen and oxygen atoms in total. The Morgan fingerprint density at radius 1 is 1.50 bits per heavy atom. The third-order valence-corrected chi connectivity index (χ3v) is 3.32. The zero-order valence-corrected chi connectivity index (χ0v) is 9.77. The first-order chi connectivity index (χ1) is 7.77. The van der Waals surface area contributed by atoms with Crippen LogP contribution in [0.5, 0.6) is 0 Å². The number of anilines is 1. The van der Waals surface area contributed by atoms with Crippen LogP contribution < -0.4 is 10.9 Å². The van der Waals surface area contributed by atoms with E-state index >= 15 is 0 Å². The van der Waals surface area contributed by atoms with E-state index in [9.17, 15) is 4.79 Å². The molecule has 0 aliphatic heterocycles. The van der Waals surface area contributed by atoms with Crippen molar-refractivity contribution in [1.29, 1.82) is 0 Å². The maximum Gasteiger partial charge on any atom is 0.274 e. The first-order valence-electron chi connectivity index (χ1n) is 5.69. The van der Waals surface area contributed by atoms with Crippen molar-refractivity contribution in [2.45, 2.75) is 31.4 Å². The van der Waals surface area contributed by atoms with E-state index in [2.05, 4.69) is 5.32 Å². The van der Waals surface area contributed by atoms with E-state index in [4.69, 9.17) is 4.74 Å². The molecular formula is C12H18N2O2. The van der Waals surface area contributed by atoms with Crippen molar-refractivity contribution in [3.63, 3.8) is 0 Å². The van der Waals surface area contributed by atoms with E-state index in [1.54, 1.807) is 24.8 Å². The van der Waals surface area contributed by atoms with Crippen LogP contribution in [0.25, 0.3) is 0 Å². The molecule has 88 valence electrons. The Kier molecular flexibility index (Phi) is 3.29. The lowest BCUT2D eigenvalue weighted by molar-refractivity contribution is 0.0739. The summed E-state index contributed by atoms with van der Waals surface area (Å²) < 4.78 is 7.23. The van der Waals surface area contributed by atoms with Crippen LogP contribution in [-0.4, -0.2) is 24.8 Å². The molecule has 1 aliphatic rings. The normalized spacial score (nSPS) is 24.6. The summed E-state index contributed by atoms with van der Waals surface area (Å²) in [4.78, 5) is 12.1. The fourth-order valence-corrected chi connectivity index (χ4v) is 2.46. The van der Waals surface area contributed by atoms with Gasteiger partial charge in [-0.3, -0.25) is 4.79 Å². The third kappa shape index (κ3) is 1.85. The average Bonchev–Trinajstić information content (AvgIpc) is 2.77. The number of rotatable bonds is 3. The molecule has 1 N–H and O–H groups in total. The van der Waals surface area contributed by atoms with Crippen LogP contribution in [-0.2, 0) is 4.74 Å². The van der Waals surface area contributed by atoms with Crippen molar-refractivity contribution in [3.8, 4) is 0 Å². The van der Waals surface area contributed by atoms with Gasteiger partial charge in [-0.1, -0.05) is 0 Å². The molecule has 2 rings (SSSR count). The lowest BCUT2D eigenvalue weighted by Crippen LogP contribution is -2.30. The topological polar surface area (TPSA) is 43.3 Å². The van der Waals surface area contributed by atoms with E-state index in [0.29, 0.717) is 5.69 Å². The van der Waals surface area contributed by atoms with Crippen molar-refractivity contribution in [1.82, 2.24) is 4.57 Å². The second-order valence-corrected chi connectivity index (χ2v) is 4.16. The van der Waals surface area contributed by atoms with Gasteiger partial charge in [-0.25, -0.2) is 0 Å². The summed E-state index contributed by atoms with van der Waals surface area (Å²) in [6.45, 7) is 0. The van der Waals surface area contributed by atoms with Gasteiger partial charge < -0.3 is 14.6 Å². The van der Waals surface area contributed by atoms with Crippen molar-refractivity contribution in [3.05, 3.63) is 28.7 Å². The Bertz CT molecular complexity index is 414. The van der Waals surface area contributed by atoms with Gasteiger partial charge in [-0.05, 0) is 31.4 Å². The zero-order chi connectivity index (χ0) is 11.5. The van der Waals surface area contributed by atoms with Gasteiger partial charge in [0.15, 0.2) is 0 Å². The molecule has 0 radical (unpaired) electrons. The molecule has 4 heteroatoms. The van der Waals surface area contributed by atoms with E-state index in [-0.39, 0.29) is 17.7 Å². The predicted octanol–water partition coefficient (Wildman–Crippen LogP) is 1.63. The average molecular weight is 222 g/mol. The lowest BCUT2D eigenvalue weighted by atomic mass is 10.2. The standard InChI is InChI=1S/C12H18N2O2/c1-13-9-5-4-8-14(12(9)15)10-6-3-7-11(10)16-2/h4-5,8,10-11,13H,3,6-7H2,1-2H3/t10-,11+/m0/s1. The Hall–Kier alpha value is -1.29. The van der Waals surface area contributed by atoms with Crippen molar-refractivity contribution in [2.24, 2.45) is 0 Å². The zero-order valence-electron chi connectivity index (χ0n) is 9.77. The van der Waals surface area contributed by atoms with Gasteiger partial charge in [0.05, 0.1) is 12.1 Å². The fraction of sp³-hybridized carbons (Fsp3) is 0.583. The van der Waals surface area contributed by atoms with Crippen LogP contribution in [0.4, 0.5) is 5.69 Å². The lowest BCUT2D eigenvalue weighted by Gasteiger charge is -2.21. The molecule has 1 aromatic rings. The van der Waals surface area contributed by atoms with Gasteiger partial charge in [0.1, 0.15) is 5.69 Å².